The second-order valence-electron chi connectivity index (χ2n) is 5.48. The molecule has 0 radical (unpaired) electrons. The molecule has 0 aromatic heterocycles. The summed E-state index contributed by atoms with van der Waals surface area (Å²) in [6.07, 6.45) is 11.1. The molecule has 1 atom stereocenters. The Bertz CT molecular complexity index is 167. The van der Waals surface area contributed by atoms with Crippen LogP contribution in [0, 0.1) is 0 Å². The third kappa shape index (κ3) is 5.36. The van der Waals surface area contributed by atoms with Gasteiger partial charge in [-0.25, -0.2) is 0 Å². The van der Waals surface area contributed by atoms with Crippen LogP contribution in [0.4, 0.5) is 0 Å². The van der Waals surface area contributed by atoms with Gasteiger partial charge in [-0.15, -0.1) is 0 Å². The van der Waals surface area contributed by atoms with Gasteiger partial charge >= 0.3 is 0 Å². The standard InChI is InChI=1S/C14H28N2O/c1-2-7-14(8-3-1)17-11-5-10-16-13-6-4-9-15-12-13/h13-16H,1-12H2. The van der Waals surface area contributed by atoms with E-state index in [2.05, 4.69) is 10.6 Å². The Morgan fingerprint density at radius 1 is 1.06 bits per heavy atom. The smallest absolute Gasteiger partial charge is 0.0575 e. The van der Waals surface area contributed by atoms with E-state index in [9.17, 15) is 0 Å². The predicted molar refractivity (Wildman–Crippen MR) is 71.3 cm³/mol. The summed E-state index contributed by atoms with van der Waals surface area (Å²) < 4.78 is 5.92. The molecule has 1 aliphatic heterocycles. The molecule has 0 aromatic carbocycles. The maximum absolute atomic E-state index is 5.92. The van der Waals surface area contributed by atoms with Crippen molar-refractivity contribution in [2.45, 2.75) is 63.5 Å². The molecule has 1 saturated carbocycles. The van der Waals surface area contributed by atoms with Gasteiger partial charge in [0.15, 0.2) is 0 Å². The van der Waals surface area contributed by atoms with Crippen molar-refractivity contribution in [1.29, 1.82) is 0 Å². The van der Waals surface area contributed by atoms with Crippen LogP contribution < -0.4 is 10.6 Å². The molecule has 1 unspecified atom stereocenters. The van der Waals surface area contributed by atoms with Gasteiger partial charge in [-0.05, 0) is 45.2 Å². The maximum atomic E-state index is 5.92. The van der Waals surface area contributed by atoms with Gasteiger partial charge in [-0.2, -0.15) is 0 Å². The molecular formula is C14H28N2O. The largest absolute Gasteiger partial charge is 0.378 e. The zero-order valence-corrected chi connectivity index (χ0v) is 11.0. The van der Waals surface area contributed by atoms with Crippen molar-refractivity contribution in [3.8, 4) is 0 Å². The summed E-state index contributed by atoms with van der Waals surface area (Å²) in [6, 6.07) is 0.693. The Morgan fingerprint density at radius 2 is 1.94 bits per heavy atom. The average molecular weight is 240 g/mol. The van der Waals surface area contributed by atoms with Crippen LogP contribution in [0.2, 0.25) is 0 Å². The number of hydrogen-bond acceptors (Lipinski definition) is 3. The lowest BCUT2D eigenvalue weighted by Gasteiger charge is -2.24. The van der Waals surface area contributed by atoms with Crippen molar-refractivity contribution in [2.24, 2.45) is 0 Å². The molecule has 3 heteroatoms. The van der Waals surface area contributed by atoms with Crippen molar-refractivity contribution >= 4 is 0 Å². The highest BCUT2D eigenvalue weighted by molar-refractivity contribution is 4.74. The van der Waals surface area contributed by atoms with E-state index >= 15 is 0 Å². The number of hydrogen-bond donors (Lipinski definition) is 2. The molecule has 2 aliphatic rings. The van der Waals surface area contributed by atoms with E-state index in [1.54, 1.807) is 0 Å². The molecule has 0 spiro atoms. The van der Waals surface area contributed by atoms with E-state index in [-0.39, 0.29) is 0 Å². The molecule has 0 amide bonds. The first-order valence-corrected chi connectivity index (χ1v) is 7.51. The highest BCUT2D eigenvalue weighted by Gasteiger charge is 2.14. The van der Waals surface area contributed by atoms with Crippen LogP contribution in [0.15, 0.2) is 0 Å². The van der Waals surface area contributed by atoms with Crippen LogP contribution in [0.25, 0.3) is 0 Å². The second kappa shape index (κ2) is 8.06. The summed E-state index contributed by atoms with van der Waals surface area (Å²) in [5.41, 5.74) is 0. The van der Waals surface area contributed by atoms with Crippen LogP contribution in [-0.2, 0) is 4.74 Å². The molecule has 2 fully saturated rings. The van der Waals surface area contributed by atoms with Crippen molar-refractivity contribution < 1.29 is 4.74 Å². The molecule has 1 aliphatic carbocycles. The minimum atomic E-state index is 0.570. The van der Waals surface area contributed by atoms with Crippen molar-refractivity contribution in [2.75, 3.05) is 26.2 Å². The highest BCUT2D eigenvalue weighted by Crippen LogP contribution is 2.20. The van der Waals surface area contributed by atoms with Gasteiger partial charge in [0.2, 0.25) is 0 Å². The SMILES string of the molecule is C1CCC(OCCCNC2CCCNC2)CC1. The summed E-state index contributed by atoms with van der Waals surface area (Å²) in [5, 5.41) is 7.05. The topological polar surface area (TPSA) is 33.3 Å². The van der Waals surface area contributed by atoms with E-state index in [0.717, 1.165) is 26.1 Å². The molecule has 1 heterocycles. The third-order valence-corrected chi connectivity index (χ3v) is 3.96. The molecule has 0 bridgehead atoms. The van der Waals surface area contributed by atoms with Gasteiger partial charge in [-0.1, -0.05) is 19.3 Å². The van der Waals surface area contributed by atoms with Gasteiger partial charge < -0.3 is 15.4 Å². The quantitative estimate of drug-likeness (QED) is 0.697. The van der Waals surface area contributed by atoms with E-state index in [1.165, 1.54) is 51.5 Å². The Hall–Kier alpha value is -0.120. The Labute approximate surface area is 106 Å². The van der Waals surface area contributed by atoms with Gasteiger partial charge in [0.1, 0.15) is 0 Å². The summed E-state index contributed by atoms with van der Waals surface area (Å²) >= 11 is 0. The fourth-order valence-corrected chi connectivity index (χ4v) is 2.89. The lowest BCUT2D eigenvalue weighted by Crippen LogP contribution is -2.43. The van der Waals surface area contributed by atoms with Gasteiger partial charge in [-0.3, -0.25) is 0 Å². The van der Waals surface area contributed by atoms with Crippen LogP contribution in [0.3, 0.4) is 0 Å². The van der Waals surface area contributed by atoms with Crippen LogP contribution in [0.5, 0.6) is 0 Å². The number of ether oxygens (including phenoxy) is 1. The monoisotopic (exact) mass is 240 g/mol. The number of rotatable bonds is 6. The first kappa shape index (κ1) is 13.3. The molecule has 2 N–H and O–H groups in total. The van der Waals surface area contributed by atoms with Crippen LogP contribution in [0.1, 0.15) is 51.4 Å². The predicted octanol–water partition coefficient (Wildman–Crippen LogP) is 2.07. The lowest BCUT2D eigenvalue weighted by molar-refractivity contribution is 0.0270. The molecule has 17 heavy (non-hydrogen) atoms. The van der Waals surface area contributed by atoms with E-state index in [4.69, 9.17) is 4.74 Å². The molecule has 100 valence electrons. The molecule has 1 saturated heterocycles. The summed E-state index contributed by atoms with van der Waals surface area (Å²) in [4.78, 5) is 0. The maximum Gasteiger partial charge on any atom is 0.0575 e. The highest BCUT2D eigenvalue weighted by atomic mass is 16.5. The number of nitrogens with one attached hydrogen (secondary N) is 2. The number of piperidine rings is 1. The fraction of sp³-hybridized carbons (Fsp3) is 1.00. The van der Waals surface area contributed by atoms with Gasteiger partial charge in [0, 0.05) is 19.2 Å². The van der Waals surface area contributed by atoms with Gasteiger partial charge in [0.05, 0.1) is 6.10 Å². The Balaban J connectivity index is 1.42. The van der Waals surface area contributed by atoms with Gasteiger partial charge in [0.25, 0.3) is 0 Å². The minimum Gasteiger partial charge on any atom is -0.378 e. The second-order valence-corrected chi connectivity index (χ2v) is 5.48. The summed E-state index contributed by atoms with van der Waals surface area (Å²) in [6.45, 7) is 4.39. The first-order chi connectivity index (χ1) is 8.45. The fourth-order valence-electron chi connectivity index (χ4n) is 2.89. The Kier molecular flexibility index (Phi) is 6.32. The summed E-state index contributed by atoms with van der Waals surface area (Å²) in [5.74, 6) is 0. The molecule has 2 rings (SSSR count). The molecule has 3 nitrogen and oxygen atoms in total. The normalized spacial score (nSPS) is 27.2. The average Bonchev–Trinajstić information content (AvgIpc) is 2.41. The first-order valence-electron chi connectivity index (χ1n) is 7.51. The van der Waals surface area contributed by atoms with Crippen molar-refractivity contribution in [3.63, 3.8) is 0 Å². The van der Waals surface area contributed by atoms with E-state index in [1.807, 2.05) is 0 Å². The lowest BCUT2D eigenvalue weighted by atomic mass is 9.98. The van der Waals surface area contributed by atoms with Crippen molar-refractivity contribution in [3.05, 3.63) is 0 Å². The molecular weight excluding hydrogens is 212 g/mol. The summed E-state index contributed by atoms with van der Waals surface area (Å²) in [7, 11) is 0. The third-order valence-electron chi connectivity index (χ3n) is 3.96. The van der Waals surface area contributed by atoms with Crippen LogP contribution >= 0.6 is 0 Å². The van der Waals surface area contributed by atoms with Crippen LogP contribution in [-0.4, -0.2) is 38.4 Å². The Morgan fingerprint density at radius 3 is 2.71 bits per heavy atom. The van der Waals surface area contributed by atoms with Crippen molar-refractivity contribution in [1.82, 2.24) is 10.6 Å². The zero-order valence-electron chi connectivity index (χ0n) is 11.0. The minimum absolute atomic E-state index is 0.570. The van der Waals surface area contributed by atoms with E-state index in [0.29, 0.717) is 12.1 Å². The molecule has 0 aromatic rings. The zero-order chi connectivity index (χ0) is 11.8. The van der Waals surface area contributed by atoms with E-state index < -0.39 is 0 Å².